The molecule has 2 heteroatoms. The van der Waals surface area contributed by atoms with E-state index in [1.807, 2.05) is 0 Å². The van der Waals surface area contributed by atoms with Crippen molar-refractivity contribution in [1.29, 1.82) is 0 Å². The number of hydrogen-bond acceptors (Lipinski definition) is 1. The molecule has 2 nitrogen and oxygen atoms in total. The second-order valence-electron chi connectivity index (χ2n) is 5.00. The van der Waals surface area contributed by atoms with Gasteiger partial charge in [0.2, 0.25) is 0 Å². The van der Waals surface area contributed by atoms with Crippen molar-refractivity contribution in [3.63, 3.8) is 0 Å². The minimum Gasteiger partial charge on any atom is -0.307 e. The fraction of sp³-hybridized carbons (Fsp3) is 1.00. The first-order valence-electron chi connectivity index (χ1n) is 4.31. The molecule has 0 aromatic heterocycles. The van der Waals surface area contributed by atoms with Gasteiger partial charge in [0, 0.05) is 17.1 Å². The zero-order valence-corrected chi connectivity index (χ0v) is 7.99. The minimum absolute atomic E-state index is 0.112. The van der Waals surface area contributed by atoms with Gasteiger partial charge < -0.3 is 5.32 Å². The molecule has 1 heterocycles. The normalized spacial score (nSPS) is 30.3. The molecule has 0 aromatic carbocycles. The minimum atomic E-state index is 0.112. The van der Waals surface area contributed by atoms with Gasteiger partial charge in [0.15, 0.2) is 0 Å². The highest BCUT2D eigenvalue weighted by molar-refractivity contribution is 4.98. The van der Waals surface area contributed by atoms with E-state index in [0.717, 1.165) is 12.8 Å². The fourth-order valence-corrected chi connectivity index (χ4v) is 2.32. The first kappa shape index (κ1) is 9.01. The summed E-state index contributed by atoms with van der Waals surface area (Å²) in [6, 6.07) is 0.112. The largest absolute Gasteiger partial charge is 0.307 e. The van der Waals surface area contributed by atoms with Gasteiger partial charge in [-0.3, -0.25) is 5.73 Å². The number of rotatable bonds is 0. The third kappa shape index (κ3) is 2.46. The van der Waals surface area contributed by atoms with Crippen LogP contribution in [0.3, 0.4) is 0 Å². The summed E-state index contributed by atoms with van der Waals surface area (Å²) in [5.74, 6) is 0. The lowest BCUT2D eigenvalue weighted by atomic mass is 9.80. The summed E-state index contributed by atoms with van der Waals surface area (Å²) in [5, 5.41) is 3.54. The van der Waals surface area contributed by atoms with E-state index in [-0.39, 0.29) is 17.1 Å². The Morgan fingerprint density at radius 2 is 1.45 bits per heavy atom. The average Bonchev–Trinajstić information content (AvgIpc) is 1.49. The highest BCUT2D eigenvalue weighted by atomic mass is 15.1. The molecule has 1 radical (unpaired) electrons. The van der Waals surface area contributed by atoms with Gasteiger partial charge in [-0.15, -0.1) is 0 Å². The third-order valence-electron chi connectivity index (χ3n) is 2.19. The van der Waals surface area contributed by atoms with E-state index in [1.54, 1.807) is 0 Å². The first-order chi connectivity index (χ1) is 4.81. The Bertz CT molecular complexity index is 134. The second kappa shape index (κ2) is 2.46. The molecule has 1 fully saturated rings. The predicted octanol–water partition coefficient (Wildman–Crippen LogP) is 1.58. The van der Waals surface area contributed by atoms with Crippen LogP contribution in [0.15, 0.2) is 0 Å². The molecule has 2 N–H and O–H groups in total. The van der Waals surface area contributed by atoms with Crippen LogP contribution in [0.25, 0.3) is 0 Å². The number of piperidine rings is 1. The van der Waals surface area contributed by atoms with Gasteiger partial charge in [0.1, 0.15) is 0 Å². The third-order valence-corrected chi connectivity index (χ3v) is 2.19. The molecule has 0 unspecified atom stereocenters. The molecule has 1 aliphatic rings. The van der Waals surface area contributed by atoms with Crippen LogP contribution in [-0.2, 0) is 0 Å². The molecule has 1 saturated heterocycles. The van der Waals surface area contributed by atoms with Crippen LogP contribution >= 0.6 is 0 Å². The topological polar surface area (TPSA) is 35.8 Å². The Kier molecular flexibility index (Phi) is 2.01. The zero-order chi connectivity index (χ0) is 8.70. The lowest BCUT2D eigenvalue weighted by Crippen LogP contribution is -2.59. The summed E-state index contributed by atoms with van der Waals surface area (Å²) in [7, 11) is 0. The van der Waals surface area contributed by atoms with Crippen molar-refractivity contribution >= 4 is 0 Å². The van der Waals surface area contributed by atoms with Gasteiger partial charge in [-0.2, -0.15) is 0 Å². The molecule has 0 bridgehead atoms. The summed E-state index contributed by atoms with van der Waals surface area (Å²) in [4.78, 5) is 0. The molecule has 0 spiro atoms. The molecule has 0 amide bonds. The van der Waals surface area contributed by atoms with Crippen LogP contribution in [0.2, 0.25) is 0 Å². The zero-order valence-electron chi connectivity index (χ0n) is 7.99. The summed E-state index contributed by atoms with van der Waals surface area (Å²) >= 11 is 0. The van der Waals surface area contributed by atoms with E-state index in [2.05, 4.69) is 33.0 Å². The molecule has 1 rings (SSSR count). The van der Waals surface area contributed by atoms with Gasteiger partial charge in [0.25, 0.3) is 0 Å². The van der Waals surface area contributed by atoms with Gasteiger partial charge in [-0.25, -0.2) is 0 Å². The van der Waals surface area contributed by atoms with Gasteiger partial charge >= 0.3 is 0 Å². The second-order valence-corrected chi connectivity index (χ2v) is 5.00. The maximum Gasteiger partial charge on any atom is 0.0247 e. The Hall–Kier alpha value is -0.0800. The molecule has 0 saturated carbocycles. The van der Waals surface area contributed by atoms with Crippen LogP contribution < -0.4 is 11.1 Å². The van der Waals surface area contributed by atoms with Gasteiger partial charge in [-0.05, 0) is 40.5 Å². The predicted molar refractivity (Wildman–Crippen MR) is 47.4 cm³/mol. The standard InChI is InChI=1S/C9H19N2/c1-8(2)5-7(10)6-9(3,4)11-8/h7,10-11H,5-6H2,1-4H3. The average molecular weight is 155 g/mol. The molecular weight excluding hydrogens is 136 g/mol. The molecule has 65 valence electrons. The molecule has 0 atom stereocenters. The molecular formula is C9H19N2. The number of nitrogens with one attached hydrogen (secondary N) is 2. The highest BCUT2D eigenvalue weighted by Gasteiger charge is 2.36. The Morgan fingerprint density at radius 1 is 1.09 bits per heavy atom. The van der Waals surface area contributed by atoms with Crippen LogP contribution in [0.5, 0.6) is 0 Å². The lowest BCUT2D eigenvalue weighted by Gasteiger charge is -2.45. The van der Waals surface area contributed by atoms with Crippen molar-refractivity contribution in [3.8, 4) is 0 Å². The maximum absolute atomic E-state index is 7.74. The Labute approximate surface area is 69.5 Å². The summed E-state index contributed by atoms with van der Waals surface area (Å²) < 4.78 is 0. The van der Waals surface area contributed by atoms with Crippen molar-refractivity contribution in [2.75, 3.05) is 0 Å². The van der Waals surface area contributed by atoms with E-state index in [0.29, 0.717) is 0 Å². The van der Waals surface area contributed by atoms with E-state index < -0.39 is 0 Å². The van der Waals surface area contributed by atoms with E-state index in [4.69, 9.17) is 5.73 Å². The van der Waals surface area contributed by atoms with Crippen molar-refractivity contribution in [3.05, 3.63) is 0 Å². The smallest absolute Gasteiger partial charge is 0.0247 e. The molecule has 0 aromatic rings. The van der Waals surface area contributed by atoms with Crippen LogP contribution in [0.4, 0.5) is 0 Å². The van der Waals surface area contributed by atoms with Crippen LogP contribution in [0.1, 0.15) is 40.5 Å². The molecule has 0 aliphatic carbocycles. The first-order valence-corrected chi connectivity index (χ1v) is 4.31. The van der Waals surface area contributed by atoms with Gasteiger partial charge in [0.05, 0.1) is 0 Å². The summed E-state index contributed by atoms with van der Waals surface area (Å²) in [5.41, 5.74) is 8.04. The SMILES string of the molecule is CC1(C)CC([NH])CC(C)(C)N1. The fourth-order valence-electron chi connectivity index (χ4n) is 2.32. The van der Waals surface area contributed by atoms with E-state index >= 15 is 0 Å². The lowest BCUT2D eigenvalue weighted by molar-refractivity contribution is 0.161. The summed E-state index contributed by atoms with van der Waals surface area (Å²) in [6.45, 7) is 8.70. The van der Waals surface area contributed by atoms with Crippen molar-refractivity contribution < 1.29 is 0 Å². The quantitative estimate of drug-likeness (QED) is 0.566. The Morgan fingerprint density at radius 3 is 1.73 bits per heavy atom. The van der Waals surface area contributed by atoms with Gasteiger partial charge in [-0.1, -0.05) is 0 Å². The van der Waals surface area contributed by atoms with Crippen LogP contribution in [-0.4, -0.2) is 17.1 Å². The van der Waals surface area contributed by atoms with Crippen molar-refractivity contribution in [1.82, 2.24) is 11.1 Å². The molecule has 11 heavy (non-hydrogen) atoms. The monoisotopic (exact) mass is 155 g/mol. The van der Waals surface area contributed by atoms with E-state index in [9.17, 15) is 0 Å². The molecule has 1 aliphatic heterocycles. The summed E-state index contributed by atoms with van der Waals surface area (Å²) in [6.07, 6.45) is 1.94. The van der Waals surface area contributed by atoms with Crippen LogP contribution in [0, 0.1) is 0 Å². The number of hydrogen-bond donors (Lipinski definition) is 1. The van der Waals surface area contributed by atoms with Crippen molar-refractivity contribution in [2.24, 2.45) is 0 Å². The Balaban J connectivity index is 2.66. The highest BCUT2D eigenvalue weighted by Crippen LogP contribution is 2.27. The van der Waals surface area contributed by atoms with E-state index in [1.165, 1.54) is 0 Å². The maximum atomic E-state index is 7.74. The van der Waals surface area contributed by atoms with Crippen molar-refractivity contribution in [2.45, 2.75) is 57.7 Å².